The summed E-state index contributed by atoms with van der Waals surface area (Å²) in [7, 11) is 0. The van der Waals surface area contributed by atoms with Gasteiger partial charge < -0.3 is 4.90 Å². The van der Waals surface area contributed by atoms with Crippen molar-refractivity contribution in [3.8, 4) is 0 Å². The van der Waals surface area contributed by atoms with Crippen molar-refractivity contribution in [2.75, 3.05) is 4.90 Å². The van der Waals surface area contributed by atoms with Gasteiger partial charge in [0, 0.05) is 18.0 Å². The Balaban J connectivity index is 1.92. The van der Waals surface area contributed by atoms with Crippen molar-refractivity contribution in [3.05, 3.63) is 65.7 Å². The van der Waals surface area contributed by atoms with Gasteiger partial charge >= 0.3 is 0 Å². The summed E-state index contributed by atoms with van der Waals surface area (Å²) in [6, 6.07) is 17.0. The summed E-state index contributed by atoms with van der Waals surface area (Å²) >= 11 is 0. The van der Waals surface area contributed by atoms with Crippen LogP contribution in [0.3, 0.4) is 0 Å². The molecule has 1 aliphatic heterocycles. The number of hydrogen-bond acceptors (Lipinski definition) is 2. The first-order valence-corrected chi connectivity index (χ1v) is 7.15. The predicted molar refractivity (Wildman–Crippen MR) is 82.5 cm³/mol. The molecule has 0 bridgehead atoms. The molecular formula is C18H17NO2. The quantitative estimate of drug-likeness (QED) is 0.846. The minimum Gasteiger partial charge on any atom is -0.308 e. The van der Waals surface area contributed by atoms with E-state index >= 15 is 0 Å². The lowest BCUT2D eigenvalue weighted by atomic mass is 9.94. The number of carbonyl (C=O) groups excluding carboxylic acids is 2. The van der Waals surface area contributed by atoms with E-state index in [-0.39, 0.29) is 17.7 Å². The molecule has 1 atom stereocenters. The molecule has 0 aromatic heterocycles. The average molecular weight is 279 g/mol. The van der Waals surface area contributed by atoms with Crippen LogP contribution in [0.4, 0.5) is 5.69 Å². The Bertz CT molecular complexity index is 679. The van der Waals surface area contributed by atoms with Crippen molar-refractivity contribution < 1.29 is 9.59 Å². The van der Waals surface area contributed by atoms with Crippen LogP contribution in [0.1, 0.15) is 29.3 Å². The fraction of sp³-hybridized carbons (Fsp3) is 0.222. The molecule has 2 aromatic carbocycles. The van der Waals surface area contributed by atoms with Crippen molar-refractivity contribution >= 4 is 17.4 Å². The summed E-state index contributed by atoms with van der Waals surface area (Å²) < 4.78 is 0. The standard InChI is InChI=1S/C18H17NO2/c1-13-11-17(20)15-9-5-6-10-16(15)19(13)18(21)12-14-7-3-2-4-8-14/h2-10,13H,11-12H2,1H3. The number of fused-ring (bicyclic) bond motifs is 1. The van der Waals surface area contributed by atoms with Gasteiger partial charge in [0.2, 0.25) is 5.91 Å². The third kappa shape index (κ3) is 2.59. The van der Waals surface area contributed by atoms with E-state index < -0.39 is 0 Å². The number of nitrogens with zero attached hydrogens (tertiary/aromatic N) is 1. The summed E-state index contributed by atoms with van der Waals surface area (Å²) in [6.45, 7) is 1.93. The van der Waals surface area contributed by atoms with E-state index in [9.17, 15) is 9.59 Å². The van der Waals surface area contributed by atoms with Crippen molar-refractivity contribution in [2.45, 2.75) is 25.8 Å². The van der Waals surface area contributed by atoms with Crippen LogP contribution < -0.4 is 4.90 Å². The number of Topliss-reactive ketones (excluding diaryl/α,β-unsaturated/α-hetero) is 1. The zero-order valence-electron chi connectivity index (χ0n) is 12.0. The van der Waals surface area contributed by atoms with Gasteiger partial charge in [-0.3, -0.25) is 9.59 Å². The lowest BCUT2D eigenvalue weighted by Gasteiger charge is -2.34. The van der Waals surface area contributed by atoms with Crippen LogP contribution in [0.15, 0.2) is 54.6 Å². The molecule has 106 valence electrons. The molecule has 0 N–H and O–H groups in total. The van der Waals surface area contributed by atoms with Gasteiger partial charge in [-0.05, 0) is 24.6 Å². The van der Waals surface area contributed by atoms with Crippen molar-refractivity contribution in [1.82, 2.24) is 0 Å². The van der Waals surface area contributed by atoms with Crippen LogP contribution in [0, 0.1) is 0 Å². The monoisotopic (exact) mass is 279 g/mol. The molecule has 1 unspecified atom stereocenters. The Morgan fingerprint density at radius 3 is 2.52 bits per heavy atom. The van der Waals surface area contributed by atoms with Crippen LogP contribution in [0.5, 0.6) is 0 Å². The first-order valence-electron chi connectivity index (χ1n) is 7.15. The number of amides is 1. The molecule has 21 heavy (non-hydrogen) atoms. The maximum Gasteiger partial charge on any atom is 0.231 e. The van der Waals surface area contributed by atoms with E-state index in [1.807, 2.05) is 55.5 Å². The van der Waals surface area contributed by atoms with E-state index in [0.717, 1.165) is 11.3 Å². The van der Waals surface area contributed by atoms with Gasteiger partial charge in [0.05, 0.1) is 12.1 Å². The zero-order chi connectivity index (χ0) is 14.8. The van der Waals surface area contributed by atoms with Gasteiger partial charge in [0.25, 0.3) is 0 Å². The van der Waals surface area contributed by atoms with Crippen molar-refractivity contribution in [2.24, 2.45) is 0 Å². The number of carbonyl (C=O) groups is 2. The highest BCUT2D eigenvalue weighted by Crippen LogP contribution is 2.30. The van der Waals surface area contributed by atoms with Crippen molar-refractivity contribution in [3.63, 3.8) is 0 Å². The van der Waals surface area contributed by atoms with Gasteiger partial charge in [-0.1, -0.05) is 42.5 Å². The number of ketones is 1. The molecule has 0 fully saturated rings. The van der Waals surface area contributed by atoms with E-state index in [1.54, 1.807) is 11.0 Å². The minimum absolute atomic E-state index is 0.0358. The van der Waals surface area contributed by atoms with E-state index in [0.29, 0.717) is 18.4 Å². The molecular weight excluding hydrogens is 262 g/mol. The molecule has 0 radical (unpaired) electrons. The van der Waals surface area contributed by atoms with Crippen LogP contribution in [-0.4, -0.2) is 17.7 Å². The first kappa shape index (κ1) is 13.6. The largest absolute Gasteiger partial charge is 0.308 e. The molecule has 3 nitrogen and oxygen atoms in total. The Morgan fingerprint density at radius 1 is 1.10 bits per heavy atom. The lowest BCUT2D eigenvalue weighted by molar-refractivity contribution is -0.118. The summed E-state index contributed by atoms with van der Waals surface area (Å²) in [5.74, 6) is 0.149. The van der Waals surface area contributed by atoms with Crippen molar-refractivity contribution in [1.29, 1.82) is 0 Å². The van der Waals surface area contributed by atoms with Gasteiger partial charge in [0.1, 0.15) is 0 Å². The van der Waals surface area contributed by atoms with E-state index in [1.165, 1.54) is 0 Å². The molecule has 0 spiro atoms. The number of benzene rings is 2. The Kier molecular flexibility index (Phi) is 3.57. The highest BCUT2D eigenvalue weighted by Gasteiger charge is 2.32. The van der Waals surface area contributed by atoms with E-state index in [4.69, 9.17) is 0 Å². The third-order valence-corrected chi connectivity index (χ3v) is 3.85. The summed E-state index contributed by atoms with van der Waals surface area (Å²) in [4.78, 5) is 26.5. The lowest BCUT2D eigenvalue weighted by Crippen LogP contribution is -2.44. The highest BCUT2D eigenvalue weighted by atomic mass is 16.2. The molecule has 0 saturated heterocycles. The van der Waals surface area contributed by atoms with Gasteiger partial charge in [0.15, 0.2) is 5.78 Å². The van der Waals surface area contributed by atoms with Gasteiger partial charge in [-0.25, -0.2) is 0 Å². The molecule has 1 aliphatic rings. The Labute approximate surface area is 124 Å². The Hall–Kier alpha value is -2.42. The minimum atomic E-state index is -0.0939. The molecule has 3 rings (SSSR count). The second-order valence-corrected chi connectivity index (χ2v) is 5.42. The molecule has 1 heterocycles. The molecule has 0 saturated carbocycles. The van der Waals surface area contributed by atoms with Gasteiger partial charge in [-0.15, -0.1) is 0 Å². The molecule has 3 heteroatoms. The number of para-hydroxylation sites is 1. The van der Waals surface area contributed by atoms with Gasteiger partial charge in [-0.2, -0.15) is 0 Å². The molecule has 0 aliphatic carbocycles. The smallest absolute Gasteiger partial charge is 0.231 e. The molecule has 2 aromatic rings. The Morgan fingerprint density at radius 2 is 1.76 bits per heavy atom. The zero-order valence-corrected chi connectivity index (χ0v) is 12.0. The summed E-state index contributed by atoms with van der Waals surface area (Å²) in [5.41, 5.74) is 2.38. The fourth-order valence-corrected chi connectivity index (χ4v) is 2.86. The van der Waals surface area contributed by atoms with Crippen LogP contribution in [0.25, 0.3) is 0 Å². The molecule has 1 amide bonds. The SMILES string of the molecule is CC1CC(=O)c2ccccc2N1C(=O)Cc1ccccc1. The highest BCUT2D eigenvalue weighted by molar-refractivity contribution is 6.09. The van der Waals surface area contributed by atoms with E-state index in [2.05, 4.69) is 0 Å². The second kappa shape index (κ2) is 5.52. The third-order valence-electron chi connectivity index (χ3n) is 3.85. The maximum atomic E-state index is 12.7. The predicted octanol–water partition coefficient (Wildman–Crippen LogP) is 3.24. The average Bonchev–Trinajstić information content (AvgIpc) is 2.48. The topological polar surface area (TPSA) is 37.4 Å². The maximum absolute atomic E-state index is 12.7. The second-order valence-electron chi connectivity index (χ2n) is 5.42. The number of anilines is 1. The van der Waals surface area contributed by atoms with Crippen LogP contribution >= 0.6 is 0 Å². The van der Waals surface area contributed by atoms with Crippen LogP contribution in [0.2, 0.25) is 0 Å². The van der Waals surface area contributed by atoms with Crippen LogP contribution in [-0.2, 0) is 11.2 Å². The number of rotatable bonds is 2. The number of hydrogen-bond donors (Lipinski definition) is 0. The normalized spacial score (nSPS) is 17.5. The summed E-state index contributed by atoms with van der Waals surface area (Å²) in [6.07, 6.45) is 0.741. The summed E-state index contributed by atoms with van der Waals surface area (Å²) in [5, 5.41) is 0. The fourth-order valence-electron chi connectivity index (χ4n) is 2.86. The first-order chi connectivity index (χ1) is 10.2.